The van der Waals surface area contributed by atoms with E-state index >= 15 is 0 Å². The van der Waals surface area contributed by atoms with Gasteiger partial charge in [0.2, 0.25) is 0 Å². The van der Waals surface area contributed by atoms with Crippen molar-refractivity contribution in [1.82, 2.24) is 0 Å². The first kappa shape index (κ1) is 16.5. The van der Waals surface area contributed by atoms with Crippen molar-refractivity contribution in [3.05, 3.63) is 46.8 Å². The van der Waals surface area contributed by atoms with Gasteiger partial charge in [-0.05, 0) is 35.7 Å². The monoisotopic (exact) mass is 334 g/mol. The number of urea groups is 1. The summed E-state index contributed by atoms with van der Waals surface area (Å²) in [5, 5.41) is 7.61. The van der Waals surface area contributed by atoms with Gasteiger partial charge in [0.15, 0.2) is 0 Å². The molecule has 1 aromatic carbocycles. The smallest absolute Gasteiger partial charge is 0.339 e. The Kier molecular flexibility index (Phi) is 5.32. The number of hydrogen-bond acceptors (Lipinski definition) is 6. The standard InChI is InChI=1S/C15H14N2O5S/c1-21-13(18)9-5-6-10(14(19)22-2)11(8-9)16-15(20)17-12-4-3-7-23-12/h3-8H,1-2H3,(H2,16,17,20). The van der Waals surface area contributed by atoms with Gasteiger partial charge in [0.05, 0.1) is 36.0 Å². The van der Waals surface area contributed by atoms with Crippen molar-refractivity contribution >= 4 is 40.0 Å². The van der Waals surface area contributed by atoms with Gasteiger partial charge in [-0.3, -0.25) is 5.32 Å². The lowest BCUT2D eigenvalue weighted by Crippen LogP contribution is -2.21. The number of carbonyl (C=O) groups is 3. The Bertz CT molecular complexity index is 727. The van der Waals surface area contributed by atoms with Gasteiger partial charge in [0.25, 0.3) is 0 Å². The van der Waals surface area contributed by atoms with E-state index in [0.717, 1.165) is 0 Å². The first-order chi connectivity index (χ1) is 11.0. The first-order valence-electron chi connectivity index (χ1n) is 6.47. The van der Waals surface area contributed by atoms with E-state index < -0.39 is 18.0 Å². The van der Waals surface area contributed by atoms with Crippen LogP contribution in [0.5, 0.6) is 0 Å². The van der Waals surface area contributed by atoms with Crippen LogP contribution in [0.4, 0.5) is 15.5 Å². The minimum atomic E-state index is -0.632. The molecule has 0 fully saturated rings. The van der Waals surface area contributed by atoms with Gasteiger partial charge in [-0.25, -0.2) is 14.4 Å². The maximum Gasteiger partial charge on any atom is 0.339 e. The molecule has 2 aromatic rings. The van der Waals surface area contributed by atoms with Crippen LogP contribution < -0.4 is 10.6 Å². The molecule has 2 rings (SSSR count). The number of nitrogens with one attached hydrogen (secondary N) is 2. The van der Waals surface area contributed by atoms with Crippen molar-refractivity contribution in [2.24, 2.45) is 0 Å². The van der Waals surface area contributed by atoms with E-state index in [1.54, 1.807) is 12.1 Å². The predicted octanol–water partition coefficient (Wildman–Crippen LogP) is 2.97. The highest BCUT2D eigenvalue weighted by atomic mass is 32.1. The number of hydrogen-bond donors (Lipinski definition) is 2. The van der Waals surface area contributed by atoms with E-state index in [9.17, 15) is 14.4 Å². The molecule has 0 atom stereocenters. The lowest BCUT2D eigenvalue weighted by Gasteiger charge is -2.11. The number of ether oxygens (including phenoxy) is 2. The van der Waals surface area contributed by atoms with Crippen LogP contribution in [0.2, 0.25) is 0 Å². The van der Waals surface area contributed by atoms with E-state index in [-0.39, 0.29) is 16.8 Å². The molecule has 0 aliphatic heterocycles. The van der Waals surface area contributed by atoms with Gasteiger partial charge >= 0.3 is 18.0 Å². The van der Waals surface area contributed by atoms with Gasteiger partial charge < -0.3 is 14.8 Å². The molecule has 8 heteroatoms. The fraction of sp³-hybridized carbons (Fsp3) is 0.133. The highest BCUT2D eigenvalue weighted by molar-refractivity contribution is 7.14. The van der Waals surface area contributed by atoms with Crippen LogP contribution in [0.15, 0.2) is 35.7 Å². The van der Waals surface area contributed by atoms with E-state index in [4.69, 9.17) is 0 Å². The quantitative estimate of drug-likeness (QED) is 0.838. The highest BCUT2D eigenvalue weighted by Gasteiger charge is 2.17. The molecule has 1 heterocycles. The molecule has 0 saturated carbocycles. The normalized spacial score (nSPS) is 9.83. The number of esters is 2. The third-order valence-corrected chi connectivity index (χ3v) is 3.64. The Labute approximate surface area is 136 Å². The van der Waals surface area contributed by atoms with Crippen molar-refractivity contribution in [2.45, 2.75) is 0 Å². The molecule has 2 amide bonds. The van der Waals surface area contributed by atoms with Crippen LogP contribution in [0.1, 0.15) is 20.7 Å². The molecule has 0 bridgehead atoms. The summed E-state index contributed by atoms with van der Waals surface area (Å²) in [5.41, 5.74) is 0.474. The number of benzene rings is 1. The fourth-order valence-corrected chi connectivity index (χ4v) is 2.41. The van der Waals surface area contributed by atoms with E-state index in [1.807, 2.05) is 5.38 Å². The number of thiophene rings is 1. The van der Waals surface area contributed by atoms with Crippen LogP contribution in [-0.4, -0.2) is 32.2 Å². The van der Waals surface area contributed by atoms with Crippen molar-refractivity contribution in [3.63, 3.8) is 0 Å². The zero-order valence-electron chi connectivity index (χ0n) is 12.4. The summed E-state index contributed by atoms with van der Waals surface area (Å²) in [6.07, 6.45) is 0. The van der Waals surface area contributed by atoms with Gasteiger partial charge in [-0.1, -0.05) is 0 Å². The molecule has 23 heavy (non-hydrogen) atoms. The van der Waals surface area contributed by atoms with Crippen molar-refractivity contribution < 1.29 is 23.9 Å². The van der Waals surface area contributed by atoms with E-state index in [0.29, 0.717) is 5.00 Å². The molecule has 0 saturated heterocycles. The van der Waals surface area contributed by atoms with Crippen molar-refractivity contribution in [1.29, 1.82) is 0 Å². The van der Waals surface area contributed by atoms with Gasteiger partial charge in [-0.2, -0.15) is 0 Å². The predicted molar refractivity (Wildman–Crippen MR) is 86.1 cm³/mol. The lowest BCUT2D eigenvalue weighted by atomic mass is 10.1. The summed E-state index contributed by atoms with van der Waals surface area (Å²) >= 11 is 1.35. The summed E-state index contributed by atoms with van der Waals surface area (Å²) in [6, 6.07) is 7.14. The van der Waals surface area contributed by atoms with Crippen LogP contribution in [0, 0.1) is 0 Å². The van der Waals surface area contributed by atoms with Gasteiger partial charge in [-0.15, -0.1) is 11.3 Å². The summed E-state index contributed by atoms with van der Waals surface area (Å²) < 4.78 is 9.29. The Morgan fingerprint density at radius 1 is 1.00 bits per heavy atom. The van der Waals surface area contributed by atoms with Gasteiger partial charge in [0.1, 0.15) is 0 Å². The number of anilines is 2. The second kappa shape index (κ2) is 7.41. The van der Waals surface area contributed by atoms with Crippen LogP contribution in [0.3, 0.4) is 0 Å². The third-order valence-electron chi connectivity index (χ3n) is 2.85. The Balaban J connectivity index is 2.27. The molecule has 7 nitrogen and oxygen atoms in total. The molecule has 1 aromatic heterocycles. The Hall–Kier alpha value is -2.87. The number of rotatable bonds is 4. The minimum absolute atomic E-state index is 0.126. The largest absolute Gasteiger partial charge is 0.465 e. The molecular weight excluding hydrogens is 320 g/mol. The molecule has 0 unspecified atom stereocenters. The molecule has 0 aliphatic carbocycles. The average molecular weight is 334 g/mol. The second-order valence-electron chi connectivity index (χ2n) is 4.30. The van der Waals surface area contributed by atoms with Crippen molar-refractivity contribution in [3.8, 4) is 0 Å². The zero-order valence-corrected chi connectivity index (χ0v) is 13.2. The molecular formula is C15H14N2O5S. The highest BCUT2D eigenvalue weighted by Crippen LogP contribution is 2.21. The van der Waals surface area contributed by atoms with Crippen molar-refractivity contribution in [2.75, 3.05) is 24.9 Å². The molecule has 0 radical (unpaired) electrons. The first-order valence-corrected chi connectivity index (χ1v) is 7.35. The Morgan fingerprint density at radius 3 is 2.35 bits per heavy atom. The zero-order chi connectivity index (χ0) is 16.8. The van der Waals surface area contributed by atoms with Crippen LogP contribution >= 0.6 is 11.3 Å². The fourth-order valence-electron chi connectivity index (χ4n) is 1.80. The average Bonchev–Trinajstić information content (AvgIpc) is 3.06. The summed E-state index contributed by atoms with van der Waals surface area (Å²) in [4.78, 5) is 35.4. The number of carbonyl (C=O) groups excluding carboxylic acids is 3. The minimum Gasteiger partial charge on any atom is -0.465 e. The van der Waals surface area contributed by atoms with Crippen LogP contribution in [-0.2, 0) is 9.47 Å². The molecule has 0 spiro atoms. The number of methoxy groups -OCH3 is 2. The summed E-state index contributed by atoms with van der Waals surface area (Å²) in [6.45, 7) is 0. The number of amides is 2. The molecule has 2 N–H and O–H groups in total. The molecule has 120 valence electrons. The molecule has 0 aliphatic rings. The maximum atomic E-state index is 12.0. The maximum absolute atomic E-state index is 12.0. The van der Waals surface area contributed by atoms with Gasteiger partial charge in [0, 0.05) is 0 Å². The Morgan fingerprint density at radius 2 is 1.74 bits per heavy atom. The SMILES string of the molecule is COC(=O)c1ccc(C(=O)OC)c(NC(=O)Nc2cccs2)c1. The summed E-state index contributed by atoms with van der Waals surface area (Å²) in [5.74, 6) is -1.21. The lowest BCUT2D eigenvalue weighted by molar-refractivity contribution is 0.0587. The third kappa shape index (κ3) is 4.07. The van der Waals surface area contributed by atoms with E-state index in [1.165, 1.54) is 43.8 Å². The van der Waals surface area contributed by atoms with Crippen LogP contribution in [0.25, 0.3) is 0 Å². The summed E-state index contributed by atoms with van der Waals surface area (Å²) in [7, 11) is 2.47. The topological polar surface area (TPSA) is 93.7 Å². The second-order valence-corrected chi connectivity index (χ2v) is 5.25. The van der Waals surface area contributed by atoms with E-state index in [2.05, 4.69) is 20.1 Å².